The largest absolute Gasteiger partial charge is 0.316 e. The molecule has 0 radical (unpaired) electrons. The highest BCUT2D eigenvalue weighted by atomic mass is 14.9. The van der Waals surface area contributed by atoms with Crippen LogP contribution in [-0.2, 0) is 0 Å². The third-order valence-electron chi connectivity index (χ3n) is 2.96. The summed E-state index contributed by atoms with van der Waals surface area (Å²) in [7, 11) is 0. The molecule has 1 fully saturated rings. The first kappa shape index (κ1) is 9.66. The lowest BCUT2D eigenvalue weighted by atomic mass is 9.93. The molecule has 1 N–H and O–H groups in total. The second-order valence-corrected chi connectivity index (χ2v) is 4.20. The van der Waals surface area contributed by atoms with Crippen molar-refractivity contribution < 1.29 is 0 Å². The van der Waals surface area contributed by atoms with E-state index in [0.29, 0.717) is 5.92 Å². The Morgan fingerprint density at radius 3 is 2.93 bits per heavy atom. The zero-order valence-corrected chi connectivity index (χ0v) is 9.01. The van der Waals surface area contributed by atoms with E-state index in [2.05, 4.69) is 36.3 Å². The zero-order valence-electron chi connectivity index (χ0n) is 9.01. The number of piperidine rings is 1. The monoisotopic (exact) mass is 190 g/mol. The smallest absolute Gasteiger partial charge is 0.0479 e. The van der Waals surface area contributed by atoms with Gasteiger partial charge in [0.25, 0.3) is 0 Å². The van der Waals surface area contributed by atoms with Gasteiger partial charge >= 0.3 is 0 Å². The van der Waals surface area contributed by atoms with E-state index in [-0.39, 0.29) is 0 Å². The summed E-state index contributed by atoms with van der Waals surface area (Å²) in [5.74, 6) is 0.628. The van der Waals surface area contributed by atoms with Crippen molar-refractivity contribution in [3.8, 4) is 0 Å². The fourth-order valence-electron chi connectivity index (χ4n) is 2.14. The molecule has 1 aliphatic heterocycles. The minimum Gasteiger partial charge on any atom is -0.316 e. The molecule has 1 aromatic rings. The Morgan fingerprint density at radius 1 is 1.36 bits per heavy atom. The molecule has 2 heteroatoms. The van der Waals surface area contributed by atoms with Gasteiger partial charge in [-0.2, -0.15) is 0 Å². The van der Waals surface area contributed by atoms with Gasteiger partial charge in [-0.15, -0.1) is 0 Å². The third-order valence-corrected chi connectivity index (χ3v) is 2.96. The van der Waals surface area contributed by atoms with Gasteiger partial charge < -0.3 is 5.32 Å². The highest BCUT2D eigenvalue weighted by Gasteiger charge is 2.17. The van der Waals surface area contributed by atoms with Crippen LogP contribution in [0.15, 0.2) is 12.1 Å². The summed E-state index contributed by atoms with van der Waals surface area (Å²) in [6.07, 6.45) is 2.56. The van der Waals surface area contributed by atoms with Crippen molar-refractivity contribution in [1.29, 1.82) is 0 Å². The Labute approximate surface area is 85.7 Å². The maximum absolute atomic E-state index is 4.66. The number of nitrogens with zero attached hydrogens (tertiary/aromatic N) is 1. The van der Waals surface area contributed by atoms with Crippen LogP contribution in [-0.4, -0.2) is 18.1 Å². The molecule has 2 rings (SSSR count). The maximum atomic E-state index is 4.66. The highest BCUT2D eigenvalue weighted by molar-refractivity contribution is 5.25. The summed E-state index contributed by atoms with van der Waals surface area (Å²) in [5.41, 5.74) is 3.78. The van der Waals surface area contributed by atoms with E-state index in [9.17, 15) is 0 Å². The minimum absolute atomic E-state index is 0.628. The number of rotatable bonds is 1. The molecule has 1 aliphatic rings. The molecule has 1 atom stereocenters. The fraction of sp³-hybridized carbons (Fsp3) is 0.583. The summed E-state index contributed by atoms with van der Waals surface area (Å²) >= 11 is 0. The fourth-order valence-corrected chi connectivity index (χ4v) is 2.14. The Morgan fingerprint density at radius 2 is 2.21 bits per heavy atom. The molecule has 2 heterocycles. The van der Waals surface area contributed by atoms with Crippen molar-refractivity contribution in [2.24, 2.45) is 0 Å². The van der Waals surface area contributed by atoms with Gasteiger partial charge in [0, 0.05) is 23.9 Å². The molecule has 0 aliphatic carbocycles. The first-order chi connectivity index (χ1) is 6.77. The lowest BCUT2D eigenvalue weighted by molar-refractivity contribution is 0.453. The first-order valence-electron chi connectivity index (χ1n) is 5.42. The molecule has 0 bridgehead atoms. The second-order valence-electron chi connectivity index (χ2n) is 4.20. The Hall–Kier alpha value is -0.890. The molecule has 76 valence electrons. The van der Waals surface area contributed by atoms with E-state index in [1.54, 1.807) is 0 Å². The van der Waals surface area contributed by atoms with Crippen LogP contribution in [0.3, 0.4) is 0 Å². The number of nitrogens with one attached hydrogen (secondary N) is 1. The quantitative estimate of drug-likeness (QED) is 0.734. The topological polar surface area (TPSA) is 24.9 Å². The second kappa shape index (κ2) is 4.09. The molecule has 0 spiro atoms. The molecular formula is C12H18N2. The van der Waals surface area contributed by atoms with Gasteiger partial charge in [0.05, 0.1) is 0 Å². The van der Waals surface area contributed by atoms with Crippen LogP contribution in [0, 0.1) is 13.8 Å². The van der Waals surface area contributed by atoms with Crippen molar-refractivity contribution in [3.05, 3.63) is 29.1 Å². The van der Waals surface area contributed by atoms with Crippen LogP contribution in [0.4, 0.5) is 0 Å². The number of hydrogen-bond donors (Lipinski definition) is 1. The molecule has 14 heavy (non-hydrogen) atoms. The van der Waals surface area contributed by atoms with Crippen LogP contribution < -0.4 is 5.32 Å². The molecule has 2 nitrogen and oxygen atoms in total. The van der Waals surface area contributed by atoms with Gasteiger partial charge in [-0.1, -0.05) is 6.07 Å². The molecule has 0 aromatic carbocycles. The van der Waals surface area contributed by atoms with Crippen LogP contribution in [0.5, 0.6) is 0 Å². The van der Waals surface area contributed by atoms with Gasteiger partial charge in [-0.05, 0) is 44.9 Å². The average molecular weight is 190 g/mol. The Kier molecular flexibility index (Phi) is 2.82. The first-order valence-corrected chi connectivity index (χ1v) is 5.42. The lowest BCUT2D eigenvalue weighted by Crippen LogP contribution is -2.29. The standard InChI is InChI=1S/C12H18N2/c1-9-5-6-10(2)14-12(9)11-4-3-7-13-8-11/h5-6,11,13H,3-4,7-8H2,1-2H3. The third kappa shape index (κ3) is 1.95. The van der Waals surface area contributed by atoms with Crippen LogP contribution in [0.1, 0.15) is 35.7 Å². The molecule has 1 aromatic heterocycles. The zero-order chi connectivity index (χ0) is 9.97. The van der Waals surface area contributed by atoms with E-state index in [4.69, 9.17) is 0 Å². The van der Waals surface area contributed by atoms with Crippen molar-refractivity contribution in [1.82, 2.24) is 10.3 Å². The molecule has 0 amide bonds. The van der Waals surface area contributed by atoms with Gasteiger partial charge in [0.1, 0.15) is 0 Å². The summed E-state index contributed by atoms with van der Waals surface area (Å²) in [6, 6.07) is 4.28. The van der Waals surface area contributed by atoms with E-state index >= 15 is 0 Å². The number of aryl methyl sites for hydroxylation is 2. The van der Waals surface area contributed by atoms with Gasteiger partial charge in [-0.25, -0.2) is 0 Å². The van der Waals surface area contributed by atoms with Crippen LogP contribution >= 0.6 is 0 Å². The summed E-state index contributed by atoms with van der Waals surface area (Å²) < 4.78 is 0. The SMILES string of the molecule is Cc1ccc(C)c(C2CCCNC2)n1. The number of hydrogen-bond acceptors (Lipinski definition) is 2. The molecule has 0 saturated carbocycles. The Balaban J connectivity index is 2.24. The molecule has 1 saturated heterocycles. The number of aromatic nitrogens is 1. The summed E-state index contributed by atoms with van der Waals surface area (Å²) in [4.78, 5) is 4.66. The highest BCUT2D eigenvalue weighted by Crippen LogP contribution is 2.24. The van der Waals surface area contributed by atoms with E-state index in [1.165, 1.54) is 30.6 Å². The molecular weight excluding hydrogens is 172 g/mol. The summed E-state index contributed by atoms with van der Waals surface area (Å²) in [6.45, 7) is 6.49. The normalized spacial score (nSPS) is 22.3. The summed E-state index contributed by atoms with van der Waals surface area (Å²) in [5, 5.41) is 3.44. The Bertz CT molecular complexity index is 314. The number of pyridine rings is 1. The van der Waals surface area contributed by atoms with E-state index in [0.717, 1.165) is 12.2 Å². The van der Waals surface area contributed by atoms with Gasteiger partial charge in [-0.3, -0.25) is 4.98 Å². The van der Waals surface area contributed by atoms with Crippen molar-refractivity contribution >= 4 is 0 Å². The van der Waals surface area contributed by atoms with Gasteiger partial charge in [0.2, 0.25) is 0 Å². The predicted octanol–water partition coefficient (Wildman–Crippen LogP) is 2.17. The van der Waals surface area contributed by atoms with E-state index in [1.807, 2.05) is 0 Å². The lowest BCUT2D eigenvalue weighted by Gasteiger charge is -2.23. The van der Waals surface area contributed by atoms with Crippen molar-refractivity contribution in [2.45, 2.75) is 32.6 Å². The van der Waals surface area contributed by atoms with Crippen molar-refractivity contribution in [2.75, 3.05) is 13.1 Å². The van der Waals surface area contributed by atoms with Crippen LogP contribution in [0.2, 0.25) is 0 Å². The van der Waals surface area contributed by atoms with Crippen molar-refractivity contribution in [3.63, 3.8) is 0 Å². The maximum Gasteiger partial charge on any atom is 0.0479 e. The predicted molar refractivity (Wildman–Crippen MR) is 58.6 cm³/mol. The molecule has 1 unspecified atom stereocenters. The average Bonchev–Trinajstić information content (AvgIpc) is 2.23. The van der Waals surface area contributed by atoms with Crippen LogP contribution in [0.25, 0.3) is 0 Å². The minimum atomic E-state index is 0.628. The van der Waals surface area contributed by atoms with E-state index < -0.39 is 0 Å². The van der Waals surface area contributed by atoms with Gasteiger partial charge in [0.15, 0.2) is 0 Å².